The van der Waals surface area contributed by atoms with Gasteiger partial charge in [0.15, 0.2) is 0 Å². The van der Waals surface area contributed by atoms with Crippen molar-refractivity contribution in [3.8, 4) is 0 Å². The number of benzene rings is 1. The SMILES string of the molecule is CN1CCN(Cc2ccccc2C2(N)CCCCCC2)CC1. The van der Waals surface area contributed by atoms with Crippen LogP contribution in [0.25, 0.3) is 0 Å². The van der Waals surface area contributed by atoms with Crippen LogP contribution < -0.4 is 5.73 Å². The first-order valence-corrected chi connectivity index (χ1v) is 8.96. The van der Waals surface area contributed by atoms with E-state index in [4.69, 9.17) is 5.73 Å². The molecule has 1 heterocycles. The maximum absolute atomic E-state index is 6.88. The van der Waals surface area contributed by atoms with Gasteiger partial charge in [-0.1, -0.05) is 49.9 Å². The van der Waals surface area contributed by atoms with Crippen LogP contribution in [0, 0.1) is 0 Å². The van der Waals surface area contributed by atoms with Crippen molar-refractivity contribution < 1.29 is 0 Å². The van der Waals surface area contributed by atoms with Crippen molar-refractivity contribution >= 4 is 0 Å². The summed E-state index contributed by atoms with van der Waals surface area (Å²) in [7, 11) is 2.21. The molecule has 3 nitrogen and oxygen atoms in total. The lowest BCUT2D eigenvalue weighted by molar-refractivity contribution is 0.147. The molecule has 1 saturated carbocycles. The van der Waals surface area contributed by atoms with Crippen LogP contribution >= 0.6 is 0 Å². The van der Waals surface area contributed by atoms with Crippen LogP contribution in [0.1, 0.15) is 49.7 Å². The maximum Gasteiger partial charge on any atom is 0.0412 e. The molecule has 0 amide bonds. The first kappa shape index (κ1) is 16.0. The second kappa shape index (κ2) is 7.12. The van der Waals surface area contributed by atoms with E-state index in [0.717, 1.165) is 19.4 Å². The predicted octanol–water partition coefficient (Wildman–Crippen LogP) is 2.94. The van der Waals surface area contributed by atoms with Gasteiger partial charge in [-0.2, -0.15) is 0 Å². The van der Waals surface area contributed by atoms with E-state index >= 15 is 0 Å². The summed E-state index contributed by atoms with van der Waals surface area (Å²) >= 11 is 0. The Morgan fingerprint density at radius 3 is 2.27 bits per heavy atom. The maximum atomic E-state index is 6.88. The van der Waals surface area contributed by atoms with Crippen LogP contribution in [0.15, 0.2) is 24.3 Å². The van der Waals surface area contributed by atoms with Gasteiger partial charge >= 0.3 is 0 Å². The summed E-state index contributed by atoms with van der Waals surface area (Å²) in [4.78, 5) is 5.00. The normalized spacial score (nSPS) is 24.1. The summed E-state index contributed by atoms with van der Waals surface area (Å²) in [6.07, 6.45) is 7.54. The van der Waals surface area contributed by atoms with Gasteiger partial charge in [0, 0.05) is 38.3 Å². The van der Waals surface area contributed by atoms with E-state index in [1.807, 2.05) is 0 Å². The van der Waals surface area contributed by atoms with Crippen LogP contribution in [0.4, 0.5) is 0 Å². The Labute approximate surface area is 135 Å². The van der Waals surface area contributed by atoms with Crippen molar-refractivity contribution in [1.82, 2.24) is 9.80 Å². The topological polar surface area (TPSA) is 32.5 Å². The summed E-state index contributed by atoms with van der Waals surface area (Å²) in [5.74, 6) is 0. The van der Waals surface area contributed by atoms with E-state index in [0.29, 0.717) is 0 Å². The van der Waals surface area contributed by atoms with Gasteiger partial charge in [-0.15, -0.1) is 0 Å². The van der Waals surface area contributed by atoms with E-state index in [2.05, 4.69) is 41.1 Å². The molecule has 0 spiro atoms. The number of piperazine rings is 1. The molecule has 0 atom stereocenters. The molecule has 3 heteroatoms. The highest BCUT2D eigenvalue weighted by molar-refractivity contribution is 5.34. The van der Waals surface area contributed by atoms with Crippen LogP contribution in [0.2, 0.25) is 0 Å². The van der Waals surface area contributed by atoms with Crippen LogP contribution in [0.3, 0.4) is 0 Å². The van der Waals surface area contributed by atoms with Crippen molar-refractivity contribution in [2.75, 3.05) is 33.2 Å². The highest BCUT2D eigenvalue weighted by Gasteiger charge is 2.30. The van der Waals surface area contributed by atoms with E-state index < -0.39 is 0 Å². The molecule has 1 aromatic rings. The summed E-state index contributed by atoms with van der Waals surface area (Å²) < 4.78 is 0. The van der Waals surface area contributed by atoms with E-state index in [-0.39, 0.29) is 5.54 Å². The molecule has 1 aliphatic carbocycles. The zero-order chi connectivity index (χ0) is 15.4. The fourth-order valence-corrected chi connectivity index (χ4v) is 4.02. The lowest BCUT2D eigenvalue weighted by atomic mass is 9.81. The fourth-order valence-electron chi connectivity index (χ4n) is 4.02. The van der Waals surface area contributed by atoms with Gasteiger partial charge in [0.25, 0.3) is 0 Å². The Morgan fingerprint density at radius 1 is 0.955 bits per heavy atom. The van der Waals surface area contributed by atoms with Gasteiger partial charge in [-0.25, -0.2) is 0 Å². The minimum absolute atomic E-state index is 0.0975. The minimum atomic E-state index is -0.0975. The van der Waals surface area contributed by atoms with Crippen molar-refractivity contribution in [3.05, 3.63) is 35.4 Å². The Hall–Kier alpha value is -0.900. The van der Waals surface area contributed by atoms with Crippen LogP contribution in [-0.2, 0) is 12.1 Å². The van der Waals surface area contributed by atoms with Gasteiger partial charge in [0.1, 0.15) is 0 Å². The highest BCUT2D eigenvalue weighted by atomic mass is 15.2. The second-order valence-corrected chi connectivity index (χ2v) is 7.31. The molecule has 0 aromatic heterocycles. The summed E-state index contributed by atoms with van der Waals surface area (Å²) in [6.45, 7) is 5.75. The molecule has 3 rings (SSSR count). The average molecular weight is 301 g/mol. The van der Waals surface area contributed by atoms with Gasteiger partial charge in [0.2, 0.25) is 0 Å². The zero-order valence-corrected chi connectivity index (χ0v) is 14.1. The number of nitrogens with two attached hydrogens (primary N) is 1. The zero-order valence-electron chi connectivity index (χ0n) is 14.1. The monoisotopic (exact) mass is 301 g/mol. The average Bonchev–Trinajstić information content (AvgIpc) is 2.76. The van der Waals surface area contributed by atoms with E-state index in [9.17, 15) is 0 Å². The first-order chi connectivity index (χ1) is 10.7. The molecule has 1 saturated heterocycles. The molecule has 0 bridgehead atoms. The minimum Gasteiger partial charge on any atom is -0.321 e. The first-order valence-electron chi connectivity index (χ1n) is 8.96. The lowest BCUT2D eigenvalue weighted by Crippen LogP contribution is -2.44. The molecule has 0 radical (unpaired) electrons. The molecule has 122 valence electrons. The molecule has 2 N–H and O–H groups in total. The van der Waals surface area contributed by atoms with Crippen molar-refractivity contribution in [1.29, 1.82) is 0 Å². The number of nitrogens with zero attached hydrogens (tertiary/aromatic N) is 2. The molecule has 22 heavy (non-hydrogen) atoms. The van der Waals surface area contributed by atoms with Crippen molar-refractivity contribution in [3.63, 3.8) is 0 Å². The lowest BCUT2D eigenvalue weighted by Gasteiger charge is -2.35. The Balaban J connectivity index is 1.77. The molecule has 2 fully saturated rings. The van der Waals surface area contributed by atoms with Crippen molar-refractivity contribution in [2.45, 2.75) is 50.6 Å². The third-order valence-corrected chi connectivity index (χ3v) is 5.54. The number of likely N-dealkylation sites (N-methyl/N-ethyl adjacent to an activating group) is 1. The quantitative estimate of drug-likeness (QED) is 0.871. The standard InChI is InChI=1S/C19H31N3/c1-21-12-14-22(15-13-21)16-17-8-4-5-9-18(17)19(20)10-6-2-3-7-11-19/h4-5,8-9H,2-3,6-7,10-16,20H2,1H3. The largest absolute Gasteiger partial charge is 0.321 e. The van der Waals surface area contributed by atoms with Gasteiger partial charge in [-0.05, 0) is 31.0 Å². The van der Waals surface area contributed by atoms with E-state index in [1.165, 1.54) is 63.0 Å². The van der Waals surface area contributed by atoms with E-state index in [1.54, 1.807) is 0 Å². The van der Waals surface area contributed by atoms with Crippen LogP contribution in [-0.4, -0.2) is 43.0 Å². The summed E-state index contributed by atoms with van der Waals surface area (Å²) in [5, 5.41) is 0. The third kappa shape index (κ3) is 3.70. The fraction of sp³-hybridized carbons (Fsp3) is 0.684. The second-order valence-electron chi connectivity index (χ2n) is 7.31. The number of rotatable bonds is 3. The number of hydrogen-bond acceptors (Lipinski definition) is 3. The summed E-state index contributed by atoms with van der Waals surface area (Å²) in [5.41, 5.74) is 9.65. The van der Waals surface area contributed by atoms with Crippen molar-refractivity contribution in [2.24, 2.45) is 5.73 Å². The Morgan fingerprint density at radius 2 is 1.59 bits per heavy atom. The number of hydrogen-bond donors (Lipinski definition) is 1. The smallest absolute Gasteiger partial charge is 0.0412 e. The molecule has 0 unspecified atom stereocenters. The van der Waals surface area contributed by atoms with Gasteiger partial charge in [0.05, 0.1) is 0 Å². The molecule has 1 aromatic carbocycles. The molecule has 1 aliphatic heterocycles. The Kier molecular flexibility index (Phi) is 5.17. The Bertz CT molecular complexity index is 469. The van der Waals surface area contributed by atoms with Gasteiger partial charge < -0.3 is 10.6 Å². The third-order valence-electron chi connectivity index (χ3n) is 5.54. The van der Waals surface area contributed by atoms with Gasteiger partial charge in [-0.3, -0.25) is 4.90 Å². The molecular formula is C19H31N3. The predicted molar refractivity (Wildman–Crippen MR) is 92.8 cm³/mol. The highest BCUT2D eigenvalue weighted by Crippen LogP contribution is 2.35. The summed E-state index contributed by atoms with van der Waals surface area (Å²) in [6, 6.07) is 8.93. The molecular weight excluding hydrogens is 270 g/mol. The molecule has 2 aliphatic rings. The van der Waals surface area contributed by atoms with Crippen LogP contribution in [0.5, 0.6) is 0 Å².